The molecular weight excluding hydrogens is 319 g/mol. The van der Waals surface area contributed by atoms with Crippen molar-refractivity contribution in [2.45, 2.75) is 6.92 Å². The molecule has 0 atom stereocenters. The molecule has 0 aliphatic carbocycles. The number of nitrogens with zero attached hydrogens (tertiary/aromatic N) is 4. The zero-order chi connectivity index (χ0) is 17.8. The van der Waals surface area contributed by atoms with Crippen molar-refractivity contribution >= 4 is 11.4 Å². The first kappa shape index (κ1) is 16.3. The van der Waals surface area contributed by atoms with Gasteiger partial charge < -0.3 is 5.11 Å². The maximum Gasteiger partial charge on any atom is 0.152 e. The molecule has 2 aromatic heterocycles. The summed E-state index contributed by atoms with van der Waals surface area (Å²) in [5, 5.41) is 20.0. The van der Waals surface area contributed by atoms with Crippen LogP contribution in [-0.4, -0.2) is 20.8 Å². The highest BCUT2D eigenvalue weighted by Gasteiger charge is 2.15. The van der Waals surface area contributed by atoms with E-state index in [1.807, 2.05) is 13.0 Å². The summed E-state index contributed by atoms with van der Waals surface area (Å²) in [5.74, 6) is -0.532. The Morgan fingerprint density at radius 3 is 2.52 bits per heavy atom. The number of aliphatic imine (C=N–C) groups is 1. The number of aromatic nitrogens is 2. The monoisotopic (exact) mass is 332 g/mol. The number of rotatable bonds is 3. The van der Waals surface area contributed by atoms with Crippen molar-refractivity contribution in [3.8, 4) is 23.1 Å². The lowest BCUT2D eigenvalue weighted by Crippen LogP contribution is -2.00. The van der Waals surface area contributed by atoms with Gasteiger partial charge in [0.1, 0.15) is 17.6 Å². The molecule has 2 heterocycles. The molecular formula is C19H13FN4O. The van der Waals surface area contributed by atoms with Crippen molar-refractivity contribution in [3.05, 3.63) is 71.9 Å². The van der Waals surface area contributed by atoms with Gasteiger partial charge in [-0.25, -0.2) is 9.38 Å². The molecule has 0 fully saturated rings. The van der Waals surface area contributed by atoms with Crippen molar-refractivity contribution in [3.63, 3.8) is 0 Å². The number of halogens is 1. The first-order chi connectivity index (χ1) is 12.1. The Hall–Kier alpha value is -3.59. The van der Waals surface area contributed by atoms with Gasteiger partial charge in [-0.15, -0.1) is 0 Å². The predicted molar refractivity (Wildman–Crippen MR) is 92.1 cm³/mol. The van der Waals surface area contributed by atoms with Gasteiger partial charge in [0.25, 0.3) is 0 Å². The molecule has 0 aliphatic heterocycles. The van der Waals surface area contributed by atoms with E-state index in [0.717, 1.165) is 5.69 Å². The lowest BCUT2D eigenvalue weighted by atomic mass is 10.1. The van der Waals surface area contributed by atoms with E-state index in [9.17, 15) is 14.8 Å². The van der Waals surface area contributed by atoms with E-state index in [2.05, 4.69) is 15.0 Å². The number of pyridine rings is 2. The first-order valence-electron chi connectivity index (χ1n) is 7.44. The molecule has 5 nitrogen and oxygen atoms in total. The number of benzene rings is 1. The average molecular weight is 332 g/mol. The van der Waals surface area contributed by atoms with Crippen molar-refractivity contribution < 1.29 is 9.50 Å². The normalized spacial score (nSPS) is 11.2. The molecule has 0 unspecified atom stereocenters. The van der Waals surface area contributed by atoms with E-state index in [4.69, 9.17) is 0 Å². The van der Waals surface area contributed by atoms with E-state index in [0.29, 0.717) is 16.9 Å². The van der Waals surface area contributed by atoms with Gasteiger partial charge in [0, 0.05) is 23.7 Å². The molecule has 25 heavy (non-hydrogen) atoms. The third-order valence-electron chi connectivity index (χ3n) is 3.52. The van der Waals surface area contributed by atoms with Crippen molar-refractivity contribution in [2.75, 3.05) is 0 Å². The fraction of sp³-hybridized carbons (Fsp3) is 0.0526. The molecule has 0 bridgehead atoms. The summed E-state index contributed by atoms with van der Waals surface area (Å²) in [6.45, 7) is 1.83. The molecule has 6 heteroatoms. The van der Waals surface area contributed by atoms with Gasteiger partial charge in [0.05, 0.1) is 11.3 Å². The van der Waals surface area contributed by atoms with Crippen molar-refractivity contribution in [1.82, 2.24) is 9.97 Å². The number of aromatic hydroxyl groups is 1. The van der Waals surface area contributed by atoms with Crippen LogP contribution in [0.3, 0.4) is 0 Å². The number of nitriles is 1. The number of hydrogen-bond acceptors (Lipinski definition) is 5. The van der Waals surface area contributed by atoms with Crippen molar-refractivity contribution in [1.29, 1.82) is 5.26 Å². The molecule has 0 saturated carbocycles. The largest absolute Gasteiger partial charge is 0.505 e. The van der Waals surface area contributed by atoms with Crippen LogP contribution >= 0.6 is 0 Å². The van der Waals surface area contributed by atoms with Gasteiger partial charge in [0.15, 0.2) is 11.5 Å². The van der Waals surface area contributed by atoms with Crippen LogP contribution < -0.4 is 0 Å². The first-order valence-corrected chi connectivity index (χ1v) is 7.44. The minimum Gasteiger partial charge on any atom is -0.505 e. The maximum absolute atomic E-state index is 13.0. The zero-order valence-corrected chi connectivity index (χ0v) is 13.3. The zero-order valence-electron chi connectivity index (χ0n) is 13.3. The van der Waals surface area contributed by atoms with Gasteiger partial charge >= 0.3 is 0 Å². The highest BCUT2D eigenvalue weighted by atomic mass is 19.1. The van der Waals surface area contributed by atoms with Crippen LogP contribution in [0.4, 0.5) is 10.1 Å². The van der Waals surface area contributed by atoms with Crippen LogP contribution in [0.2, 0.25) is 0 Å². The van der Waals surface area contributed by atoms with Crippen LogP contribution in [0.5, 0.6) is 5.75 Å². The lowest BCUT2D eigenvalue weighted by molar-refractivity contribution is 0.474. The highest BCUT2D eigenvalue weighted by Crippen LogP contribution is 2.31. The second kappa shape index (κ2) is 6.89. The van der Waals surface area contributed by atoms with Gasteiger partial charge in [-0.3, -0.25) is 9.97 Å². The Bertz CT molecular complexity index is 991. The third kappa shape index (κ3) is 3.51. The van der Waals surface area contributed by atoms with E-state index in [1.54, 1.807) is 18.3 Å². The number of hydrogen-bond donors (Lipinski definition) is 1. The van der Waals surface area contributed by atoms with Crippen molar-refractivity contribution in [2.24, 2.45) is 4.99 Å². The Morgan fingerprint density at radius 2 is 1.84 bits per heavy atom. The molecule has 3 aromatic rings. The molecule has 0 amide bonds. The summed E-state index contributed by atoms with van der Waals surface area (Å²) in [6, 6.07) is 12.4. The third-order valence-corrected chi connectivity index (χ3v) is 3.52. The fourth-order valence-corrected chi connectivity index (χ4v) is 2.34. The highest BCUT2D eigenvalue weighted by molar-refractivity contribution is 6.15. The van der Waals surface area contributed by atoms with Crippen LogP contribution in [0.1, 0.15) is 11.3 Å². The quantitative estimate of drug-likeness (QED) is 0.736. The molecule has 1 N–H and O–H groups in total. The van der Waals surface area contributed by atoms with Crippen LogP contribution in [-0.2, 0) is 0 Å². The smallest absolute Gasteiger partial charge is 0.152 e. The minimum atomic E-state index is -0.389. The Kier molecular flexibility index (Phi) is 4.48. The second-order valence-electron chi connectivity index (χ2n) is 5.29. The standard InChI is InChI=1S/C19H13FN4O/c1-12-10-13(6-8-22-12)18-19(25)16(7-9-23-18)17(11-21)24-15-4-2-14(20)3-5-15/h2-10,25H,1H3/b24-17+. The Labute approximate surface area is 143 Å². The van der Waals surface area contributed by atoms with Crippen LogP contribution in [0.15, 0.2) is 59.9 Å². The maximum atomic E-state index is 13.0. The molecule has 3 rings (SSSR count). The molecule has 122 valence electrons. The average Bonchev–Trinajstić information content (AvgIpc) is 2.62. The van der Waals surface area contributed by atoms with Gasteiger partial charge in [0.2, 0.25) is 0 Å². The molecule has 0 spiro atoms. The molecule has 1 aromatic carbocycles. The summed E-state index contributed by atoms with van der Waals surface area (Å²) in [5.41, 5.74) is 2.49. The molecule has 0 radical (unpaired) electrons. The lowest BCUT2D eigenvalue weighted by Gasteiger charge is -2.08. The van der Waals surface area contributed by atoms with Gasteiger partial charge in [-0.05, 0) is 49.4 Å². The predicted octanol–water partition coefficient (Wildman–Crippen LogP) is 3.94. The second-order valence-corrected chi connectivity index (χ2v) is 5.29. The van der Waals surface area contributed by atoms with E-state index < -0.39 is 0 Å². The topological polar surface area (TPSA) is 82.2 Å². The molecule has 0 aliphatic rings. The van der Waals surface area contributed by atoms with Gasteiger partial charge in [-0.2, -0.15) is 5.26 Å². The summed E-state index contributed by atoms with van der Waals surface area (Å²) in [6.07, 6.45) is 3.12. The fourth-order valence-electron chi connectivity index (χ4n) is 2.34. The van der Waals surface area contributed by atoms with E-state index >= 15 is 0 Å². The van der Waals surface area contributed by atoms with Crippen LogP contribution in [0.25, 0.3) is 11.3 Å². The van der Waals surface area contributed by atoms with Gasteiger partial charge in [-0.1, -0.05) is 0 Å². The summed E-state index contributed by atoms with van der Waals surface area (Å²) in [4.78, 5) is 12.5. The summed E-state index contributed by atoms with van der Waals surface area (Å²) >= 11 is 0. The molecule has 0 saturated heterocycles. The summed E-state index contributed by atoms with van der Waals surface area (Å²) in [7, 11) is 0. The summed E-state index contributed by atoms with van der Waals surface area (Å²) < 4.78 is 13.0. The SMILES string of the molecule is Cc1cc(-c2nccc(/C(C#N)=N/c3ccc(F)cc3)c2O)ccn1. The Morgan fingerprint density at radius 1 is 1.12 bits per heavy atom. The van der Waals surface area contributed by atoms with Crippen LogP contribution in [0, 0.1) is 24.1 Å². The Balaban J connectivity index is 2.09. The minimum absolute atomic E-state index is 0.0125. The van der Waals surface area contributed by atoms with E-state index in [-0.39, 0.29) is 22.8 Å². The van der Waals surface area contributed by atoms with E-state index in [1.165, 1.54) is 36.5 Å². The number of aryl methyl sites for hydroxylation is 1.